The topological polar surface area (TPSA) is 62.3 Å². The summed E-state index contributed by atoms with van der Waals surface area (Å²) < 4.78 is 39.8. The lowest BCUT2D eigenvalue weighted by Crippen LogP contribution is -2.29. The van der Waals surface area contributed by atoms with E-state index in [1.165, 1.54) is 6.07 Å². The van der Waals surface area contributed by atoms with Crippen molar-refractivity contribution in [2.75, 3.05) is 13.2 Å². The van der Waals surface area contributed by atoms with Crippen LogP contribution in [0.2, 0.25) is 0 Å². The summed E-state index contributed by atoms with van der Waals surface area (Å²) in [7, 11) is 0. The highest BCUT2D eigenvalue weighted by atomic mass is 19.2. The van der Waals surface area contributed by atoms with Gasteiger partial charge in [0.15, 0.2) is 11.6 Å². The van der Waals surface area contributed by atoms with Crippen molar-refractivity contribution in [3.8, 4) is 11.3 Å². The summed E-state index contributed by atoms with van der Waals surface area (Å²) in [6.07, 6.45) is -0.108. The van der Waals surface area contributed by atoms with Crippen molar-refractivity contribution >= 4 is 0 Å². The van der Waals surface area contributed by atoms with Crippen LogP contribution in [0.3, 0.4) is 0 Å². The minimum Gasteiger partial charge on any atom is -0.376 e. The summed E-state index contributed by atoms with van der Waals surface area (Å²) in [5.41, 5.74) is 8.93. The highest BCUT2D eigenvalue weighted by Gasteiger charge is 2.26. The Morgan fingerprint density at radius 3 is 2.76 bits per heavy atom. The summed E-state index contributed by atoms with van der Waals surface area (Å²) in [6, 6.07) is 3.73. The Morgan fingerprint density at radius 1 is 1.32 bits per heavy atom. The molecular weight excluding hydrogens is 328 g/mol. The van der Waals surface area contributed by atoms with E-state index in [1.807, 2.05) is 0 Å². The van der Waals surface area contributed by atoms with Gasteiger partial charge in [-0.15, -0.1) is 0 Å². The number of hydrogen-bond acceptors (Lipinski definition) is 4. The Hall–Kier alpha value is -1.83. The molecule has 0 radical (unpaired) electrons. The molecule has 0 saturated carbocycles. The maximum Gasteiger partial charge on any atom is 0.203 e. The van der Waals surface area contributed by atoms with Crippen LogP contribution in [0.1, 0.15) is 38.4 Å². The Balaban J connectivity index is 1.97. The van der Waals surface area contributed by atoms with Crippen LogP contribution in [-0.4, -0.2) is 23.0 Å². The number of nitrogens with zero attached hydrogens (tertiary/aromatic N) is 2. The second kappa shape index (κ2) is 6.82. The van der Waals surface area contributed by atoms with Gasteiger partial charge in [-0.25, -0.2) is 13.5 Å². The van der Waals surface area contributed by atoms with E-state index in [0.717, 1.165) is 23.4 Å². The summed E-state index contributed by atoms with van der Waals surface area (Å²) >= 11 is 0. The zero-order valence-corrected chi connectivity index (χ0v) is 14.7. The number of rotatable bonds is 4. The molecule has 1 atom stereocenters. The van der Waals surface area contributed by atoms with Crippen LogP contribution in [0.15, 0.2) is 18.2 Å². The predicted molar refractivity (Wildman–Crippen MR) is 89.6 cm³/mol. The summed E-state index contributed by atoms with van der Waals surface area (Å²) in [6.45, 7) is 7.55. The lowest BCUT2D eigenvalue weighted by atomic mass is 9.99. The zero-order valence-electron chi connectivity index (χ0n) is 14.7. The van der Waals surface area contributed by atoms with Crippen LogP contribution in [0.4, 0.5) is 8.78 Å². The predicted octanol–water partition coefficient (Wildman–Crippen LogP) is 3.38. The highest BCUT2D eigenvalue weighted by Crippen LogP contribution is 2.31. The third-order valence-corrected chi connectivity index (χ3v) is 3.97. The van der Waals surface area contributed by atoms with Crippen LogP contribution in [0.5, 0.6) is 0 Å². The average molecular weight is 351 g/mol. The number of halogens is 2. The lowest BCUT2D eigenvalue weighted by Gasteiger charge is -2.23. The second-order valence-electron chi connectivity index (χ2n) is 7.41. The smallest absolute Gasteiger partial charge is 0.203 e. The van der Waals surface area contributed by atoms with Gasteiger partial charge in [0, 0.05) is 17.5 Å². The molecular formula is C18H23F2N3O2. The minimum atomic E-state index is -0.911. The average Bonchev–Trinajstić information content (AvgIpc) is 2.94. The summed E-state index contributed by atoms with van der Waals surface area (Å²) in [5, 5.41) is 4.53. The maximum absolute atomic E-state index is 13.6. The monoisotopic (exact) mass is 351 g/mol. The molecule has 0 spiro atoms. The number of ether oxygens (including phenoxy) is 2. The molecule has 136 valence electrons. The van der Waals surface area contributed by atoms with E-state index in [0.29, 0.717) is 37.5 Å². The Labute approximate surface area is 145 Å². The fourth-order valence-electron chi connectivity index (χ4n) is 2.76. The van der Waals surface area contributed by atoms with E-state index in [9.17, 15) is 8.78 Å². The highest BCUT2D eigenvalue weighted by molar-refractivity contribution is 5.64. The molecule has 25 heavy (non-hydrogen) atoms. The quantitative estimate of drug-likeness (QED) is 0.858. The van der Waals surface area contributed by atoms with Crippen molar-refractivity contribution in [2.45, 2.75) is 40.2 Å². The van der Waals surface area contributed by atoms with Gasteiger partial charge in [-0.1, -0.05) is 20.8 Å². The van der Waals surface area contributed by atoms with Crippen molar-refractivity contribution < 1.29 is 18.3 Å². The molecule has 2 N–H and O–H groups in total. The number of fused-ring (bicyclic) bond motifs is 1. The molecule has 3 rings (SSSR count). The van der Waals surface area contributed by atoms with Gasteiger partial charge in [-0.2, -0.15) is 5.10 Å². The molecule has 0 amide bonds. The normalized spacial score (nSPS) is 15.9. The molecule has 1 aromatic carbocycles. The van der Waals surface area contributed by atoms with E-state index < -0.39 is 18.0 Å². The second-order valence-corrected chi connectivity index (χ2v) is 7.41. The SMILES string of the molecule is CC(C)(C)COC(N)n1nc(-c2ccc(F)c(F)c2)c2c1CCOC2. The first kappa shape index (κ1) is 18.0. The van der Waals surface area contributed by atoms with Crippen LogP contribution < -0.4 is 5.73 Å². The Morgan fingerprint density at radius 2 is 2.08 bits per heavy atom. The van der Waals surface area contributed by atoms with Crippen LogP contribution in [-0.2, 0) is 22.5 Å². The molecule has 1 aromatic heterocycles. The fourth-order valence-corrected chi connectivity index (χ4v) is 2.76. The van der Waals surface area contributed by atoms with Gasteiger partial charge in [0.1, 0.15) is 0 Å². The van der Waals surface area contributed by atoms with Gasteiger partial charge in [0.05, 0.1) is 31.2 Å². The third kappa shape index (κ3) is 3.89. The number of benzene rings is 1. The van der Waals surface area contributed by atoms with Crippen LogP contribution in [0, 0.1) is 17.0 Å². The number of nitrogens with two attached hydrogens (primary N) is 1. The van der Waals surface area contributed by atoms with Crippen molar-refractivity contribution in [3.05, 3.63) is 41.1 Å². The van der Waals surface area contributed by atoms with Gasteiger partial charge in [-0.05, 0) is 23.6 Å². The zero-order chi connectivity index (χ0) is 18.2. The first-order valence-corrected chi connectivity index (χ1v) is 8.27. The van der Waals surface area contributed by atoms with Crippen LogP contribution in [0.25, 0.3) is 11.3 Å². The van der Waals surface area contributed by atoms with Crippen molar-refractivity contribution in [1.82, 2.24) is 9.78 Å². The summed E-state index contributed by atoms with van der Waals surface area (Å²) in [5.74, 6) is -1.80. The number of hydrogen-bond donors (Lipinski definition) is 1. The van der Waals surface area contributed by atoms with Gasteiger partial charge in [0.25, 0.3) is 0 Å². The van der Waals surface area contributed by atoms with E-state index in [4.69, 9.17) is 15.2 Å². The largest absolute Gasteiger partial charge is 0.376 e. The molecule has 0 fully saturated rings. The minimum absolute atomic E-state index is 0.0309. The first-order valence-electron chi connectivity index (χ1n) is 8.27. The van der Waals surface area contributed by atoms with Gasteiger partial charge in [-0.3, -0.25) is 5.73 Å². The molecule has 2 heterocycles. The first-order chi connectivity index (χ1) is 11.8. The molecule has 1 unspecified atom stereocenters. The molecule has 5 nitrogen and oxygen atoms in total. The van der Waals surface area contributed by atoms with E-state index >= 15 is 0 Å². The molecule has 0 aliphatic carbocycles. The van der Waals surface area contributed by atoms with Crippen molar-refractivity contribution in [3.63, 3.8) is 0 Å². The van der Waals surface area contributed by atoms with Gasteiger partial charge < -0.3 is 9.47 Å². The molecule has 0 saturated heterocycles. The maximum atomic E-state index is 13.6. The standard InChI is InChI=1S/C18H23F2N3O2/c1-18(2,3)10-25-17(21)23-15-6-7-24-9-12(15)16(22-23)11-4-5-13(19)14(20)8-11/h4-5,8,17H,6-7,9-10,21H2,1-3H3. The third-order valence-electron chi connectivity index (χ3n) is 3.97. The molecule has 1 aliphatic heterocycles. The molecule has 1 aliphatic rings. The summed E-state index contributed by atoms with van der Waals surface area (Å²) in [4.78, 5) is 0. The van der Waals surface area contributed by atoms with Crippen molar-refractivity contribution in [1.29, 1.82) is 0 Å². The fraction of sp³-hybridized carbons (Fsp3) is 0.500. The lowest BCUT2D eigenvalue weighted by molar-refractivity contribution is -0.0384. The van der Waals surface area contributed by atoms with E-state index in [1.54, 1.807) is 4.68 Å². The van der Waals surface area contributed by atoms with Crippen molar-refractivity contribution in [2.24, 2.45) is 11.1 Å². The van der Waals surface area contributed by atoms with Gasteiger partial charge >= 0.3 is 0 Å². The molecule has 2 aromatic rings. The molecule has 7 heteroatoms. The van der Waals surface area contributed by atoms with Gasteiger partial charge in [0.2, 0.25) is 6.35 Å². The van der Waals surface area contributed by atoms with Crippen LogP contribution >= 0.6 is 0 Å². The number of aromatic nitrogens is 2. The Bertz CT molecular complexity index is 768. The van der Waals surface area contributed by atoms with E-state index in [-0.39, 0.29) is 5.41 Å². The molecule has 0 bridgehead atoms. The van der Waals surface area contributed by atoms with E-state index in [2.05, 4.69) is 25.9 Å². The Kier molecular flexibility index (Phi) is 4.90.